The van der Waals surface area contributed by atoms with E-state index in [0.29, 0.717) is 13.0 Å². The van der Waals surface area contributed by atoms with Gasteiger partial charge in [-0.3, -0.25) is 9.69 Å². The van der Waals surface area contributed by atoms with Crippen LogP contribution in [0.2, 0.25) is 0 Å². The maximum Gasteiger partial charge on any atom is 0.323 e. The highest BCUT2D eigenvalue weighted by Crippen LogP contribution is 2.14. The number of methoxy groups -OCH3 is 1. The topological polar surface area (TPSA) is 55.6 Å². The Morgan fingerprint density at radius 3 is 2.62 bits per heavy atom. The van der Waals surface area contributed by atoms with Crippen LogP contribution in [0.3, 0.4) is 0 Å². The minimum Gasteiger partial charge on any atom is -0.468 e. The monoisotopic (exact) mass is 186 g/mol. The van der Waals surface area contributed by atoms with E-state index in [9.17, 15) is 4.79 Å². The van der Waals surface area contributed by atoms with Crippen molar-refractivity contribution in [1.29, 1.82) is 0 Å². The Hall–Kier alpha value is -0.610. The molecular weight excluding hydrogens is 168 g/mol. The lowest BCUT2D eigenvalue weighted by atomic mass is 10.2. The van der Waals surface area contributed by atoms with Crippen molar-refractivity contribution < 1.29 is 9.53 Å². The zero-order valence-electron chi connectivity index (χ0n) is 8.16. The summed E-state index contributed by atoms with van der Waals surface area (Å²) in [5, 5.41) is 0. The molecule has 4 heteroatoms. The Morgan fingerprint density at radius 1 is 1.54 bits per heavy atom. The molecule has 1 heterocycles. The standard InChI is InChI=1S/C9H18N2O2/c1-13-9(12)8(4-5-10)11-6-2-3-7-11/h8H,2-7,10H2,1H3. The molecule has 1 unspecified atom stereocenters. The fourth-order valence-electron chi connectivity index (χ4n) is 1.80. The maximum absolute atomic E-state index is 11.4. The second-order valence-electron chi connectivity index (χ2n) is 3.36. The van der Waals surface area contributed by atoms with E-state index in [-0.39, 0.29) is 12.0 Å². The second-order valence-corrected chi connectivity index (χ2v) is 3.36. The van der Waals surface area contributed by atoms with Crippen LogP contribution < -0.4 is 5.73 Å². The molecule has 0 amide bonds. The first-order valence-corrected chi connectivity index (χ1v) is 4.81. The number of rotatable bonds is 4. The number of carbonyl (C=O) groups is 1. The van der Waals surface area contributed by atoms with Gasteiger partial charge in [0.15, 0.2) is 0 Å². The molecule has 0 saturated carbocycles. The molecule has 1 aliphatic heterocycles. The second kappa shape index (κ2) is 5.19. The van der Waals surface area contributed by atoms with Crippen molar-refractivity contribution in [2.24, 2.45) is 5.73 Å². The molecule has 76 valence electrons. The summed E-state index contributed by atoms with van der Waals surface area (Å²) in [6.45, 7) is 2.54. The highest BCUT2D eigenvalue weighted by atomic mass is 16.5. The normalized spacial score (nSPS) is 20.2. The molecule has 13 heavy (non-hydrogen) atoms. The SMILES string of the molecule is COC(=O)C(CCN)N1CCCC1. The fourth-order valence-corrected chi connectivity index (χ4v) is 1.80. The zero-order valence-corrected chi connectivity index (χ0v) is 8.16. The van der Waals surface area contributed by atoms with Crippen LogP contribution in [0, 0.1) is 0 Å². The third-order valence-electron chi connectivity index (χ3n) is 2.49. The van der Waals surface area contributed by atoms with Gasteiger partial charge in [0, 0.05) is 0 Å². The average Bonchev–Trinajstić information content (AvgIpc) is 2.65. The summed E-state index contributed by atoms with van der Waals surface area (Å²) < 4.78 is 4.74. The Kier molecular flexibility index (Phi) is 4.18. The number of hydrogen-bond acceptors (Lipinski definition) is 4. The molecule has 0 aromatic heterocycles. The van der Waals surface area contributed by atoms with Gasteiger partial charge in [0.25, 0.3) is 0 Å². The Labute approximate surface area is 79.0 Å². The van der Waals surface area contributed by atoms with Gasteiger partial charge < -0.3 is 10.5 Å². The lowest BCUT2D eigenvalue weighted by Gasteiger charge is -2.24. The van der Waals surface area contributed by atoms with Gasteiger partial charge in [-0.1, -0.05) is 0 Å². The fraction of sp³-hybridized carbons (Fsp3) is 0.889. The third-order valence-corrected chi connectivity index (χ3v) is 2.49. The van der Waals surface area contributed by atoms with E-state index in [1.807, 2.05) is 0 Å². The van der Waals surface area contributed by atoms with Gasteiger partial charge in [0.2, 0.25) is 0 Å². The molecule has 0 aromatic carbocycles. The summed E-state index contributed by atoms with van der Waals surface area (Å²) in [5.74, 6) is -0.146. The molecule has 1 atom stereocenters. The highest BCUT2D eigenvalue weighted by Gasteiger charge is 2.27. The Balaban J connectivity index is 2.49. The molecule has 0 aliphatic carbocycles. The van der Waals surface area contributed by atoms with Gasteiger partial charge >= 0.3 is 5.97 Å². The summed E-state index contributed by atoms with van der Waals surface area (Å²) in [4.78, 5) is 13.5. The van der Waals surface area contributed by atoms with Crippen LogP contribution in [0.15, 0.2) is 0 Å². The molecule has 0 spiro atoms. The average molecular weight is 186 g/mol. The Morgan fingerprint density at radius 2 is 2.15 bits per heavy atom. The van der Waals surface area contributed by atoms with E-state index in [0.717, 1.165) is 13.1 Å². The van der Waals surface area contributed by atoms with Crippen molar-refractivity contribution in [3.63, 3.8) is 0 Å². The van der Waals surface area contributed by atoms with Gasteiger partial charge in [0.05, 0.1) is 7.11 Å². The lowest BCUT2D eigenvalue weighted by molar-refractivity contribution is -0.146. The summed E-state index contributed by atoms with van der Waals surface area (Å²) >= 11 is 0. The number of likely N-dealkylation sites (tertiary alicyclic amines) is 1. The number of hydrogen-bond donors (Lipinski definition) is 1. The van der Waals surface area contributed by atoms with Crippen molar-refractivity contribution in [2.45, 2.75) is 25.3 Å². The van der Waals surface area contributed by atoms with Gasteiger partial charge in [0.1, 0.15) is 6.04 Å². The molecule has 2 N–H and O–H groups in total. The summed E-state index contributed by atoms with van der Waals surface area (Å²) in [6.07, 6.45) is 3.06. The van der Waals surface area contributed by atoms with E-state index in [1.54, 1.807) is 0 Å². The first-order chi connectivity index (χ1) is 6.29. The molecule has 1 saturated heterocycles. The first kappa shape index (κ1) is 10.5. The number of nitrogens with zero attached hydrogens (tertiary/aromatic N) is 1. The van der Waals surface area contributed by atoms with Crippen molar-refractivity contribution >= 4 is 5.97 Å². The summed E-state index contributed by atoms with van der Waals surface area (Å²) in [7, 11) is 1.43. The van der Waals surface area contributed by atoms with Gasteiger partial charge in [-0.25, -0.2) is 0 Å². The van der Waals surface area contributed by atoms with Gasteiger partial charge in [-0.15, -0.1) is 0 Å². The molecule has 0 bridgehead atoms. The minimum absolute atomic E-state index is 0.113. The highest BCUT2D eigenvalue weighted by molar-refractivity contribution is 5.75. The van der Waals surface area contributed by atoms with Crippen LogP contribution in [0.4, 0.5) is 0 Å². The van der Waals surface area contributed by atoms with Crippen molar-refractivity contribution in [1.82, 2.24) is 4.90 Å². The van der Waals surface area contributed by atoms with Crippen LogP contribution in [-0.4, -0.2) is 43.7 Å². The predicted octanol–water partition coefficient (Wildman–Crippen LogP) is -0.0274. The first-order valence-electron chi connectivity index (χ1n) is 4.81. The molecule has 1 fully saturated rings. The van der Waals surface area contributed by atoms with E-state index < -0.39 is 0 Å². The van der Waals surface area contributed by atoms with Gasteiger partial charge in [-0.2, -0.15) is 0 Å². The van der Waals surface area contributed by atoms with Crippen molar-refractivity contribution in [2.75, 3.05) is 26.7 Å². The number of ether oxygens (including phenoxy) is 1. The Bertz CT molecular complexity index is 167. The van der Waals surface area contributed by atoms with Crippen LogP contribution in [0.5, 0.6) is 0 Å². The summed E-state index contributed by atoms with van der Waals surface area (Å²) in [6, 6.07) is -0.113. The van der Waals surface area contributed by atoms with Crippen LogP contribution >= 0.6 is 0 Å². The maximum atomic E-state index is 11.4. The molecule has 0 radical (unpaired) electrons. The third kappa shape index (κ3) is 2.67. The number of esters is 1. The quantitative estimate of drug-likeness (QED) is 0.627. The minimum atomic E-state index is -0.146. The van der Waals surface area contributed by atoms with Crippen molar-refractivity contribution in [3.8, 4) is 0 Å². The molecular formula is C9H18N2O2. The van der Waals surface area contributed by atoms with Gasteiger partial charge in [-0.05, 0) is 38.9 Å². The number of nitrogens with two attached hydrogens (primary N) is 1. The largest absolute Gasteiger partial charge is 0.468 e. The molecule has 1 aliphatic rings. The molecule has 4 nitrogen and oxygen atoms in total. The predicted molar refractivity (Wildman–Crippen MR) is 50.3 cm³/mol. The number of carbonyl (C=O) groups excluding carboxylic acids is 1. The lowest BCUT2D eigenvalue weighted by Crippen LogP contribution is -2.41. The zero-order chi connectivity index (χ0) is 9.68. The van der Waals surface area contributed by atoms with Crippen LogP contribution in [-0.2, 0) is 9.53 Å². The van der Waals surface area contributed by atoms with E-state index in [4.69, 9.17) is 10.5 Å². The van der Waals surface area contributed by atoms with E-state index in [1.165, 1.54) is 20.0 Å². The van der Waals surface area contributed by atoms with Crippen LogP contribution in [0.1, 0.15) is 19.3 Å². The van der Waals surface area contributed by atoms with Crippen molar-refractivity contribution in [3.05, 3.63) is 0 Å². The summed E-state index contributed by atoms with van der Waals surface area (Å²) in [5.41, 5.74) is 5.46. The van der Waals surface area contributed by atoms with E-state index in [2.05, 4.69) is 4.90 Å². The van der Waals surface area contributed by atoms with Crippen LogP contribution in [0.25, 0.3) is 0 Å². The molecule has 1 rings (SSSR count). The molecule has 0 aromatic rings. The smallest absolute Gasteiger partial charge is 0.323 e. The van der Waals surface area contributed by atoms with E-state index >= 15 is 0 Å².